The third-order valence-electron chi connectivity index (χ3n) is 5.02. The van der Waals surface area contributed by atoms with Gasteiger partial charge in [-0.2, -0.15) is 0 Å². The molecule has 0 radical (unpaired) electrons. The second kappa shape index (κ2) is 6.62. The summed E-state index contributed by atoms with van der Waals surface area (Å²) in [5.74, 6) is 4.02. The molecule has 2 saturated carbocycles. The minimum Gasteiger partial charge on any atom is -0.494 e. The number of rotatable bonds is 7. The molecule has 1 N–H and O–H groups in total. The zero-order chi connectivity index (χ0) is 13.8. The Morgan fingerprint density at radius 3 is 2.65 bits per heavy atom. The third kappa shape index (κ3) is 3.35. The van der Waals surface area contributed by atoms with E-state index < -0.39 is 0 Å². The molecule has 0 heterocycles. The van der Waals surface area contributed by atoms with Crippen LogP contribution >= 0.6 is 0 Å². The van der Waals surface area contributed by atoms with Crippen LogP contribution in [0.25, 0.3) is 0 Å². The number of ether oxygens (including phenoxy) is 1. The SMILES string of the molecule is CCCOc1ccc(CNCC2CC3CCC2C3)cc1. The van der Waals surface area contributed by atoms with Crippen molar-refractivity contribution in [1.29, 1.82) is 0 Å². The highest BCUT2D eigenvalue weighted by atomic mass is 16.5. The maximum Gasteiger partial charge on any atom is 0.119 e. The number of hydrogen-bond donors (Lipinski definition) is 1. The fourth-order valence-electron chi connectivity index (χ4n) is 3.95. The highest BCUT2D eigenvalue weighted by Gasteiger charge is 2.38. The number of fused-ring (bicyclic) bond motifs is 2. The van der Waals surface area contributed by atoms with Gasteiger partial charge in [-0.25, -0.2) is 0 Å². The van der Waals surface area contributed by atoms with E-state index in [2.05, 4.69) is 36.5 Å². The molecule has 3 unspecified atom stereocenters. The quantitative estimate of drug-likeness (QED) is 0.810. The average molecular weight is 273 g/mol. The summed E-state index contributed by atoms with van der Waals surface area (Å²) in [6.07, 6.45) is 7.03. The summed E-state index contributed by atoms with van der Waals surface area (Å²) in [6.45, 7) is 5.13. The van der Waals surface area contributed by atoms with Gasteiger partial charge in [0.1, 0.15) is 5.75 Å². The number of hydrogen-bond acceptors (Lipinski definition) is 2. The molecule has 1 aromatic rings. The van der Waals surface area contributed by atoms with Gasteiger partial charge in [0.2, 0.25) is 0 Å². The molecule has 0 aliphatic heterocycles. The van der Waals surface area contributed by atoms with Gasteiger partial charge < -0.3 is 10.1 Å². The third-order valence-corrected chi connectivity index (χ3v) is 5.02. The molecule has 2 aliphatic carbocycles. The van der Waals surface area contributed by atoms with Crippen molar-refractivity contribution in [3.63, 3.8) is 0 Å². The molecule has 3 rings (SSSR count). The smallest absolute Gasteiger partial charge is 0.119 e. The molecule has 2 fully saturated rings. The Morgan fingerprint density at radius 1 is 1.15 bits per heavy atom. The van der Waals surface area contributed by atoms with Crippen molar-refractivity contribution in [1.82, 2.24) is 5.32 Å². The summed E-state index contributed by atoms with van der Waals surface area (Å²) in [7, 11) is 0. The van der Waals surface area contributed by atoms with Gasteiger partial charge in [-0.15, -0.1) is 0 Å². The van der Waals surface area contributed by atoms with E-state index in [0.717, 1.165) is 43.1 Å². The Morgan fingerprint density at radius 2 is 2.00 bits per heavy atom. The van der Waals surface area contributed by atoms with Crippen LogP contribution in [-0.2, 0) is 6.54 Å². The van der Waals surface area contributed by atoms with Crippen molar-refractivity contribution in [3.8, 4) is 5.75 Å². The molecular weight excluding hydrogens is 246 g/mol. The Hall–Kier alpha value is -1.02. The Bertz CT molecular complexity index is 414. The number of nitrogens with one attached hydrogen (secondary N) is 1. The second-order valence-corrected chi connectivity index (χ2v) is 6.56. The molecule has 1 aromatic carbocycles. The van der Waals surface area contributed by atoms with Crippen molar-refractivity contribution >= 4 is 0 Å². The van der Waals surface area contributed by atoms with E-state index in [1.54, 1.807) is 0 Å². The molecule has 0 spiro atoms. The van der Waals surface area contributed by atoms with Crippen LogP contribution in [0.2, 0.25) is 0 Å². The lowest BCUT2D eigenvalue weighted by molar-refractivity contribution is 0.316. The van der Waals surface area contributed by atoms with E-state index >= 15 is 0 Å². The van der Waals surface area contributed by atoms with Crippen molar-refractivity contribution in [3.05, 3.63) is 29.8 Å². The Labute approximate surface area is 122 Å². The molecule has 2 nitrogen and oxygen atoms in total. The van der Waals surface area contributed by atoms with Crippen molar-refractivity contribution in [2.24, 2.45) is 17.8 Å². The van der Waals surface area contributed by atoms with Gasteiger partial charge in [-0.3, -0.25) is 0 Å². The largest absolute Gasteiger partial charge is 0.494 e. The summed E-state index contributed by atoms with van der Waals surface area (Å²) < 4.78 is 5.61. The van der Waals surface area contributed by atoms with E-state index in [9.17, 15) is 0 Å². The zero-order valence-electron chi connectivity index (χ0n) is 12.6. The monoisotopic (exact) mass is 273 g/mol. The van der Waals surface area contributed by atoms with E-state index in [1.807, 2.05) is 0 Å². The standard InChI is InChI=1S/C18H27NO/c1-2-9-20-18-7-4-14(5-8-18)12-19-13-17-11-15-3-6-16(17)10-15/h4-5,7-8,15-17,19H,2-3,6,9-13H2,1H3. The molecule has 0 amide bonds. The molecule has 20 heavy (non-hydrogen) atoms. The maximum absolute atomic E-state index is 5.61. The van der Waals surface area contributed by atoms with Crippen LogP contribution in [0.15, 0.2) is 24.3 Å². The van der Waals surface area contributed by atoms with Gasteiger partial charge in [0.05, 0.1) is 6.61 Å². The van der Waals surface area contributed by atoms with Crippen LogP contribution in [0, 0.1) is 17.8 Å². The first-order valence-corrected chi connectivity index (χ1v) is 8.27. The van der Waals surface area contributed by atoms with Crippen LogP contribution in [0.3, 0.4) is 0 Å². The molecule has 2 bridgehead atoms. The lowest BCUT2D eigenvalue weighted by Gasteiger charge is -2.21. The van der Waals surface area contributed by atoms with E-state index in [4.69, 9.17) is 4.74 Å². The van der Waals surface area contributed by atoms with Crippen molar-refractivity contribution < 1.29 is 4.74 Å². The van der Waals surface area contributed by atoms with Crippen LogP contribution < -0.4 is 10.1 Å². The summed E-state index contributed by atoms with van der Waals surface area (Å²) >= 11 is 0. The number of benzene rings is 1. The summed E-state index contributed by atoms with van der Waals surface area (Å²) in [4.78, 5) is 0. The fraction of sp³-hybridized carbons (Fsp3) is 0.667. The fourth-order valence-corrected chi connectivity index (χ4v) is 3.95. The van der Waals surface area contributed by atoms with Crippen molar-refractivity contribution in [2.75, 3.05) is 13.2 Å². The summed E-state index contributed by atoms with van der Waals surface area (Å²) in [6, 6.07) is 8.53. The van der Waals surface area contributed by atoms with Gasteiger partial charge in [0, 0.05) is 6.54 Å². The van der Waals surface area contributed by atoms with Gasteiger partial charge in [0.25, 0.3) is 0 Å². The highest BCUT2D eigenvalue weighted by molar-refractivity contribution is 5.27. The highest BCUT2D eigenvalue weighted by Crippen LogP contribution is 2.47. The summed E-state index contributed by atoms with van der Waals surface area (Å²) in [5, 5.41) is 3.65. The first-order chi connectivity index (χ1) is 9.85. The molecule has 3 atom stereocenters. The lowest BCUT2D eigenvalue weighted by Crippen LogP contribution is -2.26. The van der Waals surface area contributed by atoms with Crippen LogP contribution in [-0.4, -0.2) is 13.2 Å². The Kier molecular flexibility index (Phi) is 4.62. The van der Waals surface area contributed by atoms with E-state index in [1.165, 1.54) is 37.8 Å². The molecular formula is C18H27NO. The second-order valence-electron chi connectivity index (χ2n) is 6.56. The first-order valence-electron chi connectivity index (χ1n) is 8.27. The van der Waals surface area contributed by atoms with Crippen LogP contribution in [0.1, 0.15) is 44.6 Å². The first kappa shape index (κ1) is 13.9. The predicted octanol–water partition coefficient (Wildman–Crippen LogP) is 4.00. The minimum absolute atomic E-state index is 0.807. The normalized spacial score (nSPS) is 27.9. The summed E-state index contributed by atoms with van der Waals surface area (Å²) in [5.41, 5.74) is 1.36. The van der Waals surface area contributed by atoms with E-state index in [0.29, 0.717) is 0 Å². The Balaban J connectivity index is 1.40. The zero-order valence-corrected chi connectivity index (χ0v) is 12.6. The predicted molar refractivity (Wildman–Crippen MR) is 82.9 cm³/mol. The molecule has 2 heteroatoms. The topological polar surface area (TPSA) is 21.3 Å². The molecule has 0 saturated heterocycles. The van der Waals surface area contributed by atoms with E-state index in [-0.39, 0.29) is 0 Å². The van der Waals surface area contributed by atoms with Gasteiger partial charge in [-0.05, 0) is 67.7 Å². The molecule has 0 aromatic heterocycles. The van der Waals surface area contributed by atoms with Crippen molar-refractivity contribution in [2.45, 2.75) is 45.6 Å². The van der Waals surface area contributed by atoms with Gasteiger partial charge >= 0.3 is 0 Å². The lowest BCUT2D eigenvalue weighted by atomic mass is 9.89. The van der Waals surface area contributed by atoms with Gasteiger partial charge in [-0.1, -0.05) is 25.5 Å². The minimum atomic E-state index is 0.807. The van der Waals surface area contributed by atoms with Crippen LogP contribution in [0.4, 0.5) is 0 Å². The van der Waals surface area contributed by atoms with Gasteiger partial charge in [0.15, 0.2) is 0 Å². The average Bonchev–Trinajstić information content (AvgIpc) is 3.09. The van der Waals surface area contributed by atoms with Crippen LogP contribution in [0.5, 0.6) is 5.75 Å². The maximum atomic E-state index is 5.61. The molecule has 2 aliphatic rings. The molecule has 110 valence electrons.